The first-order valence-electron chi connectivity index (χ1n) is 9.66. The molecule has 146 valence electrons. The molecule has 3 rings (SSSR count). The Hall–Kier alpha value is -2.50. The monoisotopic (exact) mass is 372 g/mol. The number of hydrogen-bond donors (Lipinski definition) is 1. The smallest absolute Gasteiger partial charge is 0.289 e. The minimum atomic E-state index is -0.0766. The molecule has 6 nitrogen and oxygen atoms in total. The number of benzene rings is 1. The van der Waals surface area contributed by atoms with Crippen LogP contribution in [0.5, 0.6) is 5.75 Å². The number of carbonyl (C=O) groups excluding carboxylic acids is 2. The number of ether oxygens (including phenoxy) is 1. The number of nitrogens with zero attached hydrogens (tertiary/aromatic N) is 1. The molecule has 1 fully saturated rings. The van der Waals surface area contributed by atoms with Gasteiger partial charge < -0.3 is 19.4 Å². The van der Waals surface area contributed by atoms with Crippen LogP contribution in [0.15, 0.2) is 22.6 Å². The van der Waals surface area contributed by atoms with Crippen LogP contribution in [-0.4, -0.2) is 43.5 Å². The fraction of sp³-hybridized carbons (Fsp3) is 0.524. The Bertz CT molecular complexity index is 827. The number of aryl methyl sites for hydroxylation is 1. The third-order valence-electron chi connectivity index (χ3n) is 5.21. The molecule has 2 aromatic rings. The lowest BCUT2D eigenvalue weighted by Crippen LogP contribution is -2.43. The van der Waals surface area contributed by atoms with Crippen molar-refractivity contribution in [1.29, 1.82) is 0 Å². The average molecular weight is 372 g/mol. The molecule has 1 N–H and O–H groups in total. The summed E-state index contributed by atoms with van der Waals surface area (Å²) in [4.78, 5) is 26.6. The molecule has 2 heterocycles. The molecule has 1 aromatic carbocycles. The van der Waals surface area contributed by atoms with Crippen LogP contribution < -0.4 is 10.1 Å². The fourth-order valence-corrected chi connectivity index (χ4v) is 3.66. The van der Waals surface area contributed by atoms with Crippen molar-refractivity contribution < 1.29 is 18.7 Å². The Kier molecular flexibility index (Phi) is 6.04. The molecule has 1 saturated heterocycles. The Morgan fingerprint density at radius 2 is 2.19 bits per heavy atom. The van der Waals surface area contributed by atoms with Crippen LogP contribution >= 0.6 is 0 Å². The molecule has 1 atom stereocenters. The van der Waals surface area contributed by atoms with Crippen LogP contribution in [0.4, 0.5) is 0 Å². The number of rotatable bonds is 6. The van der Waals surface area contributed by atoms with Crippen LogP contribution in [0.25, 0.3) is 11.0 Å². The highest BCUT2D eigenvalue weighted by atomic mass is 16.5. The van der Waals surface area contributed by atoms with E-state index in [0.29, 0.717) is 30.9 Å². The van der Waals surface area contributed by atoms with E-state index in [1.54, 1.807) is 7.11 Å². The highest BCUT2D eigenvalue weighted by molar-refractivity contribution is 5.99. The van der Waals surface area contributed by atoms with E-state index in [2.05, 4.69) is 5.32 Å². The second kappa shape index (κ2) is 8.46. The molecule has 0 bridgehead atoms. The van der Waals surface area contributed by atoms with Crippen LogP contribution in [0.3, 0.4) is 0 Å². The second-order valence-electron chi connectivity index (χ2n) is 7.23. The summed E-state index contributed by atoms with van der Waals surface area (Å²) in [5.41, 5.74) is 1.53. The predicted molar refractivity (Wildman–Crippen MR) is 104 cm³/mol. The molecule has 1 aliphatic rings. The fourth-order valence-electron chi connectivity index (χ4n) is 3.66. The zero-order chi connectivity index (χ0) is 19.4. The van der Waals surface area contributed by atoms with Gasteiger partial charge in [-0.2, -0.15) is 0 Å². The first-order chi connectivity index (χ1) is 13.0. The third-order valence-corrected chi connectivity index (χ3v) is 5.21. The first-order valence-corrected chi connectivity index (χ1v) is 9.66. The SMILES string of the molecule is CCCC(=O)NC[C@H]1CCCN(C(=O)c2oc3ccc(OC)cc3c2C)C1. The molecular weight excluding hydrogens is 344 g/mol. The van der Waals surface area contributed by atoms with Gasteiger partial charge in [-0.3, -0.25) is 9.59 Å². The highest BCUT2D eigenvalue weighted by Gasteiger charge is 2.28. The first kappa shape index (κ1) is 19.3. The maximum absolute atomic E-state index is 13.0. The van der Waals surface area contributed by atoms with E-state index in [1.165, 1.54) is 0 Å². The second-order valence-corrected chi connectivity index (χ2v) is 7.23. The van der Waals surface area contributed by atoms with Crippen LogP contribution in [-0.2, 0) is 4.79 Å². The van der Waals surface area contributed by atoms with Crippen molar-refractivity contribution in [2.45, 2.75) is 39.5 Å². The standard InChI is InChI=1S/C21H28N2O4/c1-4-6-19(24)22-12-15-7-5-10-23(13-15)21(25)20-14(2)17-11-16(26-3)8-9-18(17)27-20/h8-9,11,15H,4-7,10,12-13H2,1-3H3,(H,22,24)/t15-/m1/s1. The van der Waals surface area contributed by atoms with Gasteiger partial charge in [-0.05, 0) is 50.3 Å². The summed E-state index contributed by atoms with van der Waals surface area (Å²) in [6.45, 7) is 5.89. The van der Waals surface area contributed by atoms with Crippen molar-refractivity contribution in [1.82, 2.24) is 10.2 Å². The molecule has 1 aromatic heterocycles. The summed E-state index contributed by atoms with van der Waals surface area (Å²) in [7, 11) is 1.62. The Balaban J connectivity index is 1.70. The molecule has 0 unspecified atom stereocenters. The van der Waals surface area contributed by atoms with Crippen molar-refractivity contribution in [3.63, 3.8) is 0 Å². The van der Waals surface area contributed by atoms with Crippen molar-refractivity contribution >= 4 is 22.8 Å². The Morgan fingerprint density at radius 1 is 1.37 bits per heavy atom. The summed E-state index contributed by atoms with van der Waals surface area (Å²) in [6.07, 6.45) is 3.36. The van der Waals surface area contributed by atoms with Gasteiger partial charge >= 0.3 is 0 Å². The molecule has 6 heteroatoms. The van der Waals surface area contributed by atoms with Crippen molar-refractivity contribution in [2.24, 2.45) is 5.92 Å². The zero-order valence-corrected chi connectivity index (χ0v) is 16.3. The van der Waals surface area contributed by atoms with Gasteiger partial charge in [-0.25, -0.2) is 0 Å². The van der Waals surface area contributed by atoms with E-state index < -0.39 is 0 Å². The lowest BCUT2D eigenvalue weighted by atomic mass is 9.97. The molecular formula is C21H28N2O4. The van der Waals surface area contributed by atoms with E-state index in [1.807, 2.05) is 36.9 Å². The highest BCUT2D eigenvalue weighted by Crippen LogP contribution is 2.30. The Morgan fingerprint density at radius 3 is 2.93 bits per heavy atom. The molecule has 0 spiro atoms. The van der Waals surface area contributed by atoms with E-state index >= 15 is 0 Å². The number of fused-ring (bicyclic) bond motifs is 1. The molecule has 0 aliphatic carbocycles. The Labute approximate surface area is 159 Å². The van der Waals surface area contributed by atoms with Crippen LogP contribution in [0.1, 0.15) is 48.7 Å². The third kappa shape index (κ3) is 4.26. The minimum absolute atomic E-state index is 0.0766. The molecule has 0 saturated carbocycles. The number of piperidine rings is 1. The van der Waals surface area contributed by atoms with Crippen molar-refractivity contribution in [3.05, 3.63) is 29.5 Å². The molecule has 0 radical (unpaired) electrons. The number of carbonyl (C=O) groups is 2. The summed E-state index contributed by atoms with van der Waals surface area (Å²) in [5.74, 6) is 1.43. The molecule has 27 heavy (non-hydrogen) atoms. The van der Waals surface area contributed by atoms with Crippen molar-refractivity contribution in [3.8, 4) is 5.75 Å². The number of amides is 2. The van der Waals surface area contributed by atoms with Gasteiger partial charge in [0.2, 0.25) is 5.91 Å². The summed E-state index contributed by atoms with van der Waals surface area (Å²) in [5, 5.41) is 3.88. The van der Waals surface area contributed by atoms with Gasteiger partial charge in [-0.15, -0.1) is 0 Å². The number of methoxy groups -OCH3 is 1. The predicted octanol–water partition coefficient (Wildman–Crippen LogP) is 3.52. The van der Waals surface area contributed by atoms with E-state index in [0.717, 1.165) is 42.5 Å². The summed E-state index contributed by atoms with van der Waals surface area (Å²) >= 11 is 0. The topological polar surface area (TPSA) is 71.8 Å². The summed E-state index contributed by atoms with van der Waals surface area (Å²) in [6, 6.07) is 5.56. The van der Waals surface area contributed by atoms with Gasteiger partial charge in [0.25, 0.3) is 5.91 Å². The molecule has 1 aliphatic heterocycles. The minimum Gasteiger partial charge on any atom is -0.497 e. The lowest BCUT2D eigenvalue weighted by Gasteiger charge is -2.32. The number of hydrogen-bond acceptors (Lipinski definition) is 4. The van der Waals surface area contributed by atoms with Crippen LogP contribution in [0, 0.1) is 12.8 Å². The molecule has 2 amide bonds. The normalized spacial score (nSPS) is 17.1. The van der Waals surface area contributed by atoms with Gasteiger partial charge in [0, 0.05) is 37.0 Å². The van der Waals surface area contributed by atoms with Crippen LogP contribution in [0.2, 0.25) is 0 Å². The largest absolute Gasteiger partial charge is 0.497 e. The van der Waals surface area contributed by atoms with E-state index in [-0.39, 0.29) is 17.7 Å². The maximum atomic E-state index is 13.0. The van der Waals surface area contributed by atoms with E-state index in [4.69, 9.17) is 9.15 Å². The van der Waals surface area contributed by atoms with Gasteiger partial charge in [-0.1, -0.05) is 6.92 Å². The maximum Gasteiger partial charge on any atom is 0.289 e. The number of nitrogens with one attached hydrogen (secondary N) is 1. The van der Waals surface area contributed by atoms with Gasteiger partial charge in [0.15, 0.2) is 5.76 Å². The van der Waals surface area contributed by atoms with E-state index in [9.17, 15) is 9.59 Å². The van der Waals surface area contributed by atoms with Crippen molar-refractivity contribution in [2.75, 3.05) is 26.7 Å². The number of furan rings is 1. The van der Waals surface area contributed by atoms with Gasteiger partial charge in [0.1, 0.15) is 11.3 Å². The quantitative estimate of drug-likeness (QED) is 0.842. The lowest BCUT2D eigenvalue weighted by molar-refractivity contribution is -0.121. The van der Waals surface area contributed by atoms with Gasteiger partial charge in [0.05, 0.1) is 7.11 Å². The summed E-state index contributed by atoms with van der Waals surface area (Å²) < 4.78 is 11.1. The number of likely N-dealkylation sites (tertiary alicyclic amines) is 1. The average Bonchev–Trinajstić information content (AvgIpc) is 3.02. The zero-order valence-electron chi connectivity index (χ0n) is 16.3.